The van der Waals surface area contributed by atoms with Crippen molar-refractivity contribution in [2.75, 3.05) is 13.1 Å². The molecule has 5 nitrogen and oxygen atoms in total. The molecule has 1 saturated heterocycles. The summed E-state index contributed by atoms with van der Waals surface area (Å²) in [6.45, 7) is 3.00. The number of hydrogen-bond acceptors (Lipinski definition) is 3. The molecule has 0 aromatic heterocycles. The lowest BCUT2D eigenvalue weighted by Crippen LogP contribution is -2.36. The minimum atomic E-state index is -3.52. The normalized spacial score (nSPS) is 20.5. The predicted molar refractivity (Wildman–Crippen MR) is 103 cm³/mol. The Hall–Kier alpha value is -1.40. The lowest BCUT2D eigenvalue weighted by Gasteiger charge is -2.26. The standard InChI is InChI=1S/C20H30N2O3S/c1-16-11-12-18(26(24,25)22-13-7-4-8-14-22)15-19(16)20(23)21-17-9-5-2-3-6-10-17/h11-12,15,17H,2-10,13-14H2,1H3,(H,21,23). The molecule has 1 aromatic carbocycles. The van der Waals surface area contributed by atoms with Crippen LogP contribution >= 0.6 is 0 Å². The summed E-state index contributed by atoms with van der Waals surface area (Å²) in [7, 11) is -3.52. The van der Waals surface area contributed by atoms with E-state index in [1.54, 1.807) is 22.5 Å². The Balaban J connectivity index is 1.79. The summed E-state index contributed by atoms with van der Waals surface area (Å²) in [6.07, 6.45) is 9.66. The van der Waals surface area contributed by atoms with Gasteiger partial charge in [-0.3, -0.25) is 4.79 Å². The van der Waals surface area contributed by atoms with E-state index in [0.29, 0.717) is 18.7 Å². The summed E-state index contributed by atoms with van der Waals surface area (Å²) in [5.41, 5.74) is 1.29. The van der Waals surface area contributed by atoms with E-state index in [-0.39, 0.29) is 16.8 Å². The quantitative estimate of drug-likeness (QED) is 0.814. The maximum Gasteiger partial charge on any atom is 0.251 e. The minimum absolute atomic E-state index is 0.148. The SMILES string of the molecule is Cc1ccc(S(=O)(=O)N2CCCCC2)cc1C(=O)NC1CCCCCC1. The van der Waals surface area contributed by atoms with Crippen molar-refractivity contribution in [2.45, 2.75) is 75.6 Å². The third kappa shape index (κ3) is 4.46. The Bertz CT molecular complexity index is 731. The van der Waals surface area contributed by atoms with Crippen molar-refractivity contribution in [1.29, 1.82) is 0 Å². The van der Waals surface area contributed by atoms with Gasteiger partial charge in [0.25, 0.3) is 5.91 Å². The van der Waals surface area contributed by atoms with E-state index in [9.17, 15) is 13.2 Å². The average molecular weight is 379 g/mol. The molecule has 0 bridgehead atoms. The van der Waals surface area contributed by atoms with E-state index in [2.05, 4.69) is 5.32 Å². The summed E-state index contributed by atoms with van der Waals surface area (Å²) in [4.78, 5) is 13.0. The van der Waals surface area contributed by atoms with Gasteiger partial charge in [-0.2, -0.15) is 4.31 Å². The van der Waals surface area contributed by atoms with E-state index in [4.69, 9.17) is 0 Å². The fraction of sp³-hybridized carbons (Fsp3) is 0.650. The Kier molecular flexibility index (Phi) is 6.35. The first-order chi connectivity index (χ1) is 12.5. The molecule has 1 N–H and O–H groups in total. The van der Waals surface area contributed by atoms with Crippen molar-refractivity contribution in [3.05, 3.63) is 29.3 Å². The van der Waals surface area contributed by atoms with Gasteiger partial charge >= 0.3 is 0 Å². The number of carbonyl (C=O) groups excluding carboxylic acids is 1. The smallest absolute Gasteiger partial charge is 0.251 e. The molecule has 26 heavy (non-hydrogen) atoms. The van der Waals surface area contributed by atoms with Crippen molar-refractivity contribution in [1.82, 2.24) is 9.62 Å². The number of aryl methyl sites for hydroxylation is 1. The molecule has 0 spiro atoms. The summed E-state index contributed by atoms with van der Waals surface area (Å²) in [5, 5.41) is 3.13. The average Bonchev–Trinajstić information content (AvgIpc) is 2.91. The van der Waals surface area contributed by atoms with Gasteiger partial charge in [-0.25, -0.2) is 8.42 Å². The van der Waals surface area contributed by atoms with Gasteiger partial charge in [0.15, 0.2) is 0 Å². The van der Waals surface area contributed by atoms with Gasteiger partial charge in [0.05, 0.1) is 4.90 Å². The molecule has 1 heterocycles. The predicted octanol–water partition coefficient (Wildman–Crippen LogP) is 3.62. The van der Waals surface area contributed by atoms with Crippen LogP contribution in [0.5, 0.6) is 0 Å². The number of hydrogen-bond donors (Lipinski definition) is 1. The Morgan fingerprint density at radius 3 is 2.27 bits per heavy atom. The van der Waals surface area contributed by atoms with E-state index >= 15 is 0 Å². The third-order valence-corrected chi connectivity index (χ3v) is 7.49. The molecule has 0 radical (unpaired) electrons. The van der Waals surface area contributed by atoms with Crippen LogP contribution in [-0.2, 0) is 10.0 Å². The molecule has 3 rings (SSSR count). The zero-order valence-electron chi connectivity index (χ0n) is 15.7. The Morgan fingerprint density at radius 2 is 1.62 bits per heavy atom. The summed E-state index contributed by atoms with van der Waals surface area (Å²) in [5.74, 6) is -0.148. The maximum atomic E-state index is 12.9. The van der Waals surface area contributed by atoms with Crippen molar-refractivity contribution < 1.29 is 13.2 Å². The number of carbonyl (C=O) groups is 1. The van der Waals surface area contributed by atoms with Gasteiger partial charge in [0.2, 0.25) is 10.0 Å². The van der Waals surface area contributed by atoms with Gasteiger partial charge in [0.1, 0.15) is 0 Å². The summed E-state index contributed by atoms with van der Waals surface area (Å²) < 4.78 is 27.4. The van der Waals surface area contributed by atoms with E-state index in [1.165, 1.54) is 12.8 Å². The molecule has 144 valence electrons. The third-order valence-electron chi connectivity index (χ3n) is 5.60. The molecule has 2 fully saturated rings. The van der Waals surface area contributed by atoms with E-state index in [1.807, 2.05) is 6.92 Å². The lowest BCUT2D eigenvalue weighted by molar-refractivity contribution is 0.0932. The first-order valence-corrected chi connectivity index (χ1v) is 11.3. The highest BCUT2D eigenvalue weighted by Gasteiger charge is 2.27. The second-order valence-electron chi connectivity index (χ2n) is 7.60. The molecule has 1 aliphatic carbocycles. The fourth-order valence-electron chi connectivity index (χ4n) is 3.95. The van der Waals surface area contributed by atoms with Gasteiger partial charge < -0.3 is 5.32 Å². The van der Waals surface area contributed by atoms with Crippen LogP contribution in [0.4, 0.5) is 0 Å². The molecule has 0 unspecified atom stereocenters. The highest BCUT2D eigenvalue weighted by molar-refractivity contribution is 7.89. The van der Waals surface area contributed by atoms with Crippen LogP contribution in [0, 0.1) is 6.92 Å². The number of piperidine rings is 1. The van der Waals surface area contributed by atoms with Gasteiger partial charge in [0, 0.05) is 24.7 Å². The Labute approximate surface area is 157 Å². The van der Waals surface area contributed by atoms with E-state index in [0.717, 1.165) is 50.5 Å². The second-order valence-corrected chi connectivity index (χ2v) is 9.54. The number of sulfonamides is 1. The molecule has 1 aromatic rings. The number of benzene rings is 1. The first-order valence-electron chi connectivity index (χ1n) is 9.90. The molecule has 0 atom stereocenters. The number of rotatable bonds is 4. The first kappa shape index (κ1) is 19.4. The molecular weight excluding hydrogens is 348 g/mol. The second kappa shape index (κ2) is 8.53. The van der Waals surface area contributed by atoms with Crippen molar-refractivity contribution >= 4 is 15.9 Å². The molecule has 1 saturated carbocycles. The highest BCUT2D eigenvalue weighted by Crippen LogP contribution is 2.23. The van der Waals surface area contributed by atoms with Crippen LogP contribution < -0.4 is 5.32 Å². The molecule has 2 aliphatic rings. The van der Waals surface area contributed by atoms with Crippen LogP contribution in [0.2, 0.25) is 0 Å². The Morgan fingerprint density at radius 1 is 1.00 bits per heavy atom. The maximum absolute atomic E-state index is 12.9. The van der Waals surface area contributed by atoms with Crippen molar-refractivity contribution in [3.63, 3.8) is 0 Å². The topological polar surface area (TPSA) is 66.5 Å². The van der Waals surface area contributed by atoms with Crippen LogP contribution in [0.3, 0.4) is 0 Å². The van der Waals surface area contributed by atoms with Gasteiger partial charge in [-0.15, -0.1) is 0 Å². The lowest BCUT2D eigenvalue weighted by atomic mass is 10.1. The molecule has 1 amide bonds. The van der Waals surface area contributed by atoms with Crippen molar-refractivity contribution in [2.24, 2.45) is 0 Å². The van der Waals surface area contributed by atoms with Gasteiger partial charge in [-0.05, 0) is 50.3 Å². The highest BCUT2D eigenvalue weighted by atomic mass is 32.2. The summed E-state index contributed by atoms with van der Waals surface area (Å²) >= 11 is 0. The van der Waals surface area contributed by atoms with E-state index < -0.39 is 10.0 Å². The largest absolute Gasteiger partial charge is 0.349 e. The van der Waals surface area contributed by atoms with Crippen LogP contribution in [0.15, 0.2) is 23.1 Å². The fourth-order valence-corrected chi connectivity index (χ4v) is 5.49. The molecular formula is C20H30N2O3S. The van der Waals surface area contributed by atoms with Crippen LogP contribution in [-0.4, -0.2) is 37.8 Å². The molecule has 6 heteroatoms. The number of nitrogens with one attached hydrogen (secondary N) is 1. The van der Waals surface area contributed by atoms with Crippen LogP contribution in [0.25, 0.3) is 0 Å². The zero-order chi connectivity index (χ0) is 18.6. The number of amides is 1. The summed E-state index contributed by atoms with van der Waals surface area (Å²) in [6, 6.07) is 5.14. The van der Waals surface area contributed by atoms with Crippen molar-refractivity contribution in [3.8, 4) is 0 Å². The minimum Gasteiger partial charge on any atom is -0.349 e. The molecule has 1 aliphatic heterocycles. The monoisotopic (exact) mass is 378 g/mol. The zero-order valence-corrected chi connectivity index (χ0v) is 16.5. The van der Waals surface area contributed by atoms with Crippen LogP contribution in [0.1, 0.15) is 73.7 Å². The van der Waals surface area contributed by atoms with Gasteiger partial charge in [-0.1, -0.05) is 38.2 Å². The number of nitrogens with zero attached hydrogens (tertiary/aromatic N) is 1.